The molecule has 2 heterocycles. The van der Waals surface area contributed by atoms with Gasteiger partial charge in [0.2, 0.25) is 11.8 Å². The average molecular weight is 1330 g/mol. The number of aliphatic hydroxyl groups excluding tert-OH is 5. The summed E-state index contributed by atoms with van der Waals surface area (Å²) in [5.41, 5.74) is 15.1. The SMILES string of the molecule is CC(=O)N[C@H]1[C@@H](O[C@H]2[C@@H](O)[C@@H](CO)O[C@H](OP(=O)(O)OP(=O)(O)OC/C=C(/C)CC/C=C(/C)CC/C=C(/C)CC/C=C(/C)CC/C=C(/C)CC/C=C(/C)CC/C=C(/C)CC/C=C(\C)CC/C=C(\C)CC/C=C(\C)CCC=C(C)C)[C@@H]2NC(C)=O)O[C@H](CO)[C@H](O)[C@@H]1O. The molecule has 0 saturated carbocycles. The molecule has 2 fully saturated rings. The number of hydrogen-bond donors (Lipinski definition) is 9. The van der Waals surface area contributed by atoms with Crippen LogP contribution in [0.2, 0.25) is 0 Å². The van der Waals surface area contributed by atoms with E-state index in [1.165, 1.54) is 61.8 Å². The van der Waals surface area contributed by atoms with E-state index >= 15 is 0 Å². The van der Waals surface area contributed by atoms with Crippen LogP contribution >= 0.6 is 15.6 Å². The van der Waals surface area contributed by atoms with Crippen LogP contribution in [0.5, 0.6) is 0 Å². The van der Waals surface area contributed by atoms with Gasteiger partial charge >= 0.3 is 15.6 Å². The molecule has 0 aromatic heterocycles. The highest BCUT2D eigenvalue weighted by molar-refractivity contribution is 7.61. The summed E-state index contributed by atoms with van der Waals surface area (Å²) in [6, 6.07) is -3.30. The Morgan fingerprint density at radius 3 is 1.01 bits per heavy atom. The van der Waals surface area contributed by atoms with Gasteiger partial charge in [-0.3, -0.25) is 18.6 Å². The minimum atomic E-state index is -5.66. The summed E-state index contributed by atoms with van der Waals surface area (Å²) in [5.74, 6) is -1.53. The minimum Gasteiger partial charge on any atom is -0.394 e. The zero-order valence-corrected chi connectivity index (χ0v) is 59.8. The molecule has 92 heavy (non-hydrogen) atoms. The van der Waals surface area contributed by atoms with Crippen LogP contribution in [0, 0.1) is 0 Å². The number of carbonyl (C=O) groups is 2. The summed E-state index contributed by atoms with van der Waals surface area (Å²) in [5, 5.41) is 56.8. The molecule has 2 unspecified atom stereocenters. The fourth-order valence-corrected chi connectivity index (χ4v) is 12.6. The molecular weight excluding hydrogens is 1210 g/mol. The second-order valence-electron chi connectivity index (χ2n) is 25.6. The number of nitrogens with one attached hydrogen (secondary N) is 2. The molecule has 2 aliphatic rings. The van der Waals surface area contributed by atoms with E-state index in [4.69, 9.17) is 23.3 Å². The van der Waals surface area contributed by atoms with Crippen molar-refractivity contribution in [3.8, 4) is 0 Å². The Bertz CT molecular complexity index is 2710. The number of hydrogen-bond acceptors (Lipinski definition) is 15. The smallest absolute Gasteiger partial charge is 0.394 e. The van der Waals surface area contributed by atoms with Crippen LogP contribution < -0.4 is 10.6 Å². The maximum Gasteiger partial charge on any atom is 0.483 e. The topological polar surface area (TPSA) is 289 Å². The van der Waals surface area contributed by atoms with Crippen LogP contribution in [-0.2, 0) is 46.3 Å². The summed E-state index contributed by atoms with van der Waals surface area (Å²) in [4.78, 5) is 45.5. The maximum absolute atomic E-state index is 13.2. The standard InChI is InChI=1S/C71H118N2O17P2/c1-49(2)25-15-26-50(3)27-16-28-51(4)29-17-30-52(5)31-18-32-53(6)33-19-34-54(7)35-20-36-55(8)37-21-38-56(9)39-22-40-57(10)41-23-42-58(11)43-24-44-59(12)45-46-85-91(81,82)90-92(83,84)89-71-65(73-61(14)77)69(67(79)63(48-75)87-71)88-70-64(72-60(13)76)68(80)66(78)62(47-74)86-70/h25,27,29,31,33,35,37,39,41,43,45,62-71,74-75,78-80H,15-24,26,28,30,32,34,36,38,40,42,44,46-48H2,1-14H3,(H,72,76)(H,73,77)(H,81,82)(H,83,84)/b50-27+,51-29+,52-31+,53-33-,54-35-,55-37-,56-39-,57-41-,58-43-,59-45-/t62-,63-,64-,65-,66+,67+,68-,69-,70-,71-/m1/s1. The summed E-state index contributed by atoms with van der Waals surface area (Å²) in [6.45, 7) is 26.1. The first-order chi connectivity index (χ1) is 43.3. The second kappa shape index (κ2) is 45.5. The van der Waals surface area contributed by atoms with Crippen molar-refractivity contribution in [1.82, 2.24) is 10.6 Å². The first-order valence-corrected chi connectivity index (χ1v) is 36.0. The lowest BCUT2D eigenvalue weighted by molar-refractivity contribution is -0.321. The number of aliphatic hydroxyl groups is 5. The van der Waals surface area contributed by atoms with Crippen molar-refractivity contribution in [3.63, 3.8) is 0 Å². The third kappa shape index (κ3) is 36.8. The molecule has 0 spiro atoms. The van der Waals surface area contributed by atoms with Gasteiger partial charge in [-0.15, -0.1) is 0 Å². The van der Waals surface area contributed by atoms with Gasteiger partial charge in [0.05, 0.1) is 19.8 Å². The fourth-order valence-electron chi connectivity index (χ4n) is 10.6. The Morgan fingerprint density at radius 1 is 0.402 bits per heavy atom. The Kier molecular flexibility index (Phi) is 41.6. The van der Waals surface area contributed by atoms with Crippen molar-refractivity contribution in [2.24, 2.45) is 0 Å². The molecule has 2 rings (SSSR count). The molecule has 524 valence electrons. The van der Waals surface area contributed by atoms with Crippen molar-refractivity contribution in [1.29, 1.82) is 0 Å². The van der Waals surface area contributed by atoms with Crippen LogP contribution in [-0.4, -0.2) is 128 Å². The van der Waals surface area contributed by atoms with E-state index in [9.17, 15) is 54.0 Å². The van der Waals surface area contributed by atoms with E-state index in [1.807, 2.05) is 0 Å². The van der Waals surface area contributed by atoms with Crippen LogP contribution in [0.4, 0.5) is 0 Å². The van der Waals surface area contributed by atoms with E-state index in [2.05, 4.69) is 152 Å². The maximum atomic E-state index is 13.2. The monoisotopic (exact) mass is 1330 g/mol. The average Bonchev–Trinajstić information content (AvgIpc) is 0.791. The highest BCUT2D eigenvalue weighted by Crippen LogP contribution is 2.61. The molecule has 2 saturated heterocycles. The Balaban J connectivity index is 1.73. The van der Waals surface area contributed by atoms with E-state index in [1.54, 1.807) is 6.92 Å². The number of ether oxygens (including phenoxy) is 3. The van der Waals surface area contributed by atoms with E-state index in [0.717, 1.165) is 135 Å². The molecule has 2 amide bonds. The lowest BCUT2D eigenvalue weighted by Crippen LogP contribution is -2.69. The highest BCUT2D eigenvalue weighted by atomic mass is 31.3. The van der Waals surface area contributed by atoms with Gasteiger partial charge in [0, 0.05) is 13.8 Å². The Labute approximate surface area is 551 Å². The van der Waals surface area contributed by atoms with Gasteiger partial charge < -0.3 is 60.2 Å². The second-order valence-corrected chi connectivity index (χ2v) is 28.6. The Hall–Kier alpha value is -3.98. The molecule has 0 aliphatic carbocycles. The predicted octanol–water partition coefficient (Wildman–Crippen LogP) is 14.4. The van der Waals surface area contributed by atoms with Gasteiger partial charge in [0.15, 0.2) is 12.6 Å². The third-order valence-corrected chi connectivity index (χ3v) is 18.9. The number of rotatable bonds is 43. The highest BCUT2D eigenvalue weighted by Gasteiger charge is 2.54. The van der Waals surface area contributed by atoms with Crippen LogP contribution in [0.25, 0.3) is 0 Å². The number of phosphoric ester groups is 2. The number of amides is 2. The lowest BCUT2D eigenvalue weighted by Gasteiger charge is -2.48. The molecule has 0 aromatic rings. The minimum absolute atomic E-state index is 0.487. The molecule has 2 aliphatic heterocycles. The quantitative estimate of drug-likeness (QED) is 0.0203. The number of carbonyl (C=O) groups excluding carboxylic acids is 2. The van der Waals surface area contributed by atoms with Gasteiger partial charge in [-0.05, 0) is 212 Å². The summed E-state index contributed by atoms with van der Waals surface area (Å²) in [7, 11) is -11.0. The largest absolute Gasteiger partial charge is 0.483 e. The van der Waals surface area contributed by atoms with Crippen molar-refractivity contribution in [2.45, 2.75) is 287 Å². The normalized spacial score (nSPS) is 25.1. The van der Waals surface area contributed by atoms with Crippen molar-refractivity contribution in [2.75, 3.05) is 19.8 Å². The van der Waals surface area contributed by atoms with E-state index in [-0.39, 0.29) is 0 Å². The predicted molar refractivity (Wildman–Crippen MR) is 367 cm³/mol. The zero-order valence-electron chi connectivity index (χ0n) is 58.0. The molecule has 9 N–H and O–H groups in total. The first kappa shape index (κ1) is 84.1. The van der Waals surface area contributed by atoms with Crippen molar-refractivity contribution in [3.05, 3.63) is 128 Å². The first-order valence-electron chi connectivity index (χ1n) is 33.0. The van der Waals surface area contributed by atoms with E-state index < -0.39 is 109 Å². The fraction of sp³-hybridized carbons (Fsp3) is 0.662. The number of allylic oxidation sites excluding steroid dienone is 21. The zero-order chi connectivity index (χ0) is 69.0. The molecule has 19 nitrogen and oxygen atoms in total. The third-order valence-electron chi connectivity index (χ3n) is 16.3. The Morgan fingerprint density at radius 2 is 0.696 bits per heavy atom. The molecule has 12 atom stereocenters. The van der Waals surface area contributed by atoms with Crippen LogP contribution in [0.3, 0.4) is 0 Å². The van der Waals surface area contributed by atoms with Crippen LogP contribution in [0.1, 0.15) is 225 Å². The lowest BCUT2D eigenvalue weighted by atomic mass is 9.94. The van der Waals surface area contributed by atoms with E-state index in [0.29, 0.717) is 12.8 Å². The van der Waals surface area contributed by atoms with Crippen molar-refractivity contribution >= 4 is 27.5 Å². The molecule has 21 heteroatoms. The molecular formula is C71H118N2O17P2. The van der Waals surface area contributed by atoms with Crippen LogP contribution in [0.15, 0.2) is 128 Å². The summed E-state index contributed by atoms with van der Waals surface area (Å²) >= 11 is 0. The summed E-state index contributed by atoms with van der Waals surface area (Å²) < 4.78 is 57.7. The van der Waals surface area contributed by atoms with Gasteiger partial charge in [0.1, 0.15) is 48.7 Å². The molecule has 0 radical (unpaired) electrons. The summed E-state index contributed by atoms with van der Waals surface area (Å²) in [6.07, 6.45) is 31.7. The van der Waals surface area contributed by atoms with Gasteiger partial charge in [-0.25, -0.2) is 9.13 Å². The van der Waals surface area contributed by atoms with Gasteiger partial charge in [0.25, 0.3) is 0 Å². The van der Waals surface area contributed by atoms with Crippen molar-refractivity contribution < 1.29 is 81.6 Å². The molecule has 0 aromatic carbocycles. The van der Waals surface area contributed by atoms with Gasteiger partial charge in [-0.2, -0.15) is 4.31 Å². The molecule has 0 bridgehead atoms. The number of phosphoric acid groups is 2. The van der Waals surface area contributed by atoms with Gasteiger partial charge in [-0.1, -0.05) is 128 Å².